The summed E-state index contributed by atoms with van der Waals surface area (Å²) in [4.78, 5) is 43.8. The van der Waals surface area contributed by atoms with Crippen molar-refractivity contribution in [1.82, 2.24) is 4.90 Å². The van der Waals surface area contributed by atoms with Gasteiger partial charge in [0, 0.05) is 24.4 Å². The highest BCUT2D eigenvalue weighted by Crippen LogP contribution is 2.34. The van der Waals surface area contributed by atoms with Gasteiger partial charge in [-0.3, -0.25) is 19.5 Å². The molecule has 0 unspecified atom stereocenters. The van der Waals surface area contributed by atoms with E-state index >= 15 is 0 Å². The van der Waals surface area contributed by atoms with Crippen LogP contribution in [-0.4, -0.2) is 53.3 Å². The van der Waals surface area contributed by atoms with Crippen LogP contribution in [0.4, 0.5) is 5.00 Å². The predicted octanol–water partition coefficient (Wildman–Crippen LogP) is 2.82. The molecule has 0 spiro atoms. The van der Waals surface area contributed by atoms with Crippen LogP contribution in [0.2, 0.25) is 0 Å². The van der Waals surface area contributed by atoms with E-state index in [-0.39, 0.29) is 18.2 Å². The largest absolute Gasteiger partial charge is 0.465 e. The first kappa shape index (κ1) is 20.4. The predicted molar refractivity (Wildman–Crippen MR) is 105 cm³/mol. The van der Waals surface area contributed by atoms with Crippen molar-refractivity contribution in [2.24, 2.45) is 4.99 Å². The van der Waals surface area contributed by atoms with E-state index in [0.29, 0.717) is 28.8 Å². The number of carbonyl (C=O) groups excluding carboxylic acids is 3. The zero-order chi connectivity index (χ0) is 19.4. The second kappa shape index (κ2) is 8.68. The monoisotopic (exact) mass is 397 g/mol. The van der Waals surface area contributed by atoms with Gasteiger partial charge in [0.15, 0.2) is 5.17 Å². The lowest BCUT2D eigenvalue weighted by Crippen LogP contribution is -2.33. The number of aliphatic imine (C=N–C) groups is 1. The Morgan fingerprint density at radius 3 is 2.58 bits per heavy atom. The standard InChI is InChI=1S/C17H23N3O4S2/c1-6-18-17-20(7-2)15(22)11(26-17)8-12(21)19-14-13(16(23)24-5)9(3)10(4)25-14/h11H,6-8H2,1-5H3,(H,19,21)/t11-/m0/s1. The van der Waals surface area contributed by atoms with Crippen molar-refractivity contribution in [3.63, 3.8) is 0 Å². The van der Waals surface area contributed by atoms with E-state index in [2.05, 4.69) is 10.3 Å². The van der Waals surface area contributed by atoms with Crippen molar-refractivity contribution in [2.45, 2.75) is 39.4 Å². The van der Waals surface area contributed by atoms with Crippen molar-refractivity contribution in [2.75, 3.05) is 25.5 Å². The number of thioether (sulfide) groups is 1. The molecule has 2 rings (SSSR count). The molecule has 0 aliphatic carbocycles. The molecule has 1 aromatic heterocycles. The maximum absolute atomic E-state index is 12.5. The van der Waals surface area contributed by atoms with Gasteiger partial charge in [-0.15, -0.1) is 11.3 Å². The molecule has 2 heterocycles. The van der Waals surface area contributed by atoms with Gasteiger partial charge >= 0.3 is 5.97 Å². The van der Waals surface area contributed by atoms with E-state index in [1.807, 2.05) is 27.7 Å². The van der Waals surface area contributed by atoms with Crippen LogP contribution in [0.3, 0.4) is 0 Å². The average Bonchev–Trinajstić information content (AvgIpc) is 3.04. The van der Waals surface area contributed by atoms with E-state index in [9.17, 15) is 14.4 Å². The minimum atomic E-state index is -0.496. The Bertz CT molecular complexity index is 757. The lowest BCUT2D eigenvalue weighted by molar-refractivity contribution is -0.128. The molecule has 1 atom stereocenters. The quantitative estimate of drug-likeness (QED) is 0.746. The fourth-order valence-electron chi connectivity index (χ4n) is 2.60. The number of amidine groups is 1. The number of aryl methyl sites for hydroxylation is 1. The van der Waals surface area contributed by atoms with Gasteiger partial charge in [-0.05, 0) is 33.3 Å². The molecular weight excluding hydrogens is 374 g/mol. The number of hydrogen-bond acceptors (Lipinski definition) is 7. The topological polar surface area (TPSA) is 88.1 Å². The number of carbonyl (C=O) groups is 3. The van der Waals surface area contributed by atoms with Crippen LogP contribution in [0.1, 0.15) is 41.1 Å². The molecule has 26 heavy (non-hydrogen) atoms. The van der Waals surface area contributed by atoms with Crippen LogP contribution in [-0.2, 0) is 14.3 Å². The summed E-state index contributed by atoms with van der Waals surface area (Å²) in [5.41, 5.74) is 1.16. The number of ether oxygens (including phenoxy) is 1. The molecule has 1 fully saturated rings. The van der Waals surface area contributed by atoms with Gasteiger partial charge in [-0.1, -0.05) is 11.8 Å². The van der Waals surface area contributed by atoms with Gasteiger partial charge in [-0.2, -0.15) is 0 Å². The number of nitrogens with one attached hydrogen (secondary N) is 1. The van der Waals surface area contributed by atoms with Crippen molar-refractivity contribution >= 4 is 51.1 Å². The summed E-state index contributed by atoms with van der Waals surface area (Å²) in [7, 11) is 1.31. The Morgan fingerprint density at radius 2 is 2.00 bits per heavy atom. The van der Waals surface area contributed by atoms with Crippen molar-refractivity contribution in [3.8, 4) is 0 Å². The average molecular weight is 398 g/mol. The first-order valence-electron chi connectivity index (χ1n) is 8.34. The maximum atomic E-state index is 12.5. The van der Waals surface area contributed by atoms with Gasteiger partial charge in [0.2, 0.25) is 11.8 Å². The number of anilines is 1. The fraction of sp³-hybridized carbons (Fsp3) is 0.529. The molecule has 1 aliphatic heterocycles. The van der Waals surface area contributed by atoms with E-state index in [4.69, 9.17) is 4.74 Å². The first-order chi connectivity index (χ1) is 12.3. The fourth-order valence-corrected chi connectivity index (χ4v) is 4.93. The first-order valence-corrected chi connectivity index (χ1v) is 10.0. The maximum Gasteiger partial charge on any atom is 0.341 e. The van der Waals surface area contributed by atoms with Crippen molar-refractivity contribution in [3.05, 3.63) is 16.0 Å². The normalized spacial score (nSPS) is 18.5. The highest BCUT2D eigenvalue weighted by molar-refractivity contribution is 8.15. The number of esters is 1. The third kappa shape index (κ3) is 4.09. The van der Waals surface area contributed by atoms with Gasteiger partial charge in [0.05, 0.1) is 12.7 Å². The summed E-state index contributed by atoms with van der Waals surface area (Å²) in [5.74, 6) is -0.898. The number of hydrogen-bond donors (Lipinski definition) is 1. The van der Waals surface area contributed by atoms with Crippen LogP contribution >= 0.6 is 23.1 Å². The van der Waals surface area contributed by atoms with E-state index in [1.165, 1.54) is 30.2 Å². The molecule has 0 bridgehead atoms. The van der Waals surface area contributed by atoms with Gasteiger partial charge in [-0.25, -0.2) is 4.79 Å². The lowest BCUT2D eigenvalue weighted by Gasteiger charge is -2.13. The highest BCUT2D eigenvalue weighted by atomic mass is 32.2. The Hall–Kier alpha value is -1.87. The second-order valence-electron chi connectivity index (χ2n) is 5.68. The third-order valence-corrected chi connectivity index (χ3v) is 6.36. The molecule has 1 N–H and O–H groups in total. The Labute approximate surface area is 161 Å². The molecule has 0 radical (unpaired) electrons. The Morgan fingerprint density at radius 1 is 1.31 bits per heavy atom. The molecule has 1 saturated heterocycles. The third-order valence-electron chi connectivity index (χ3n) is 4.03. The van der Waals surface area contributed by atoms with Gasteiger partial charge in [0.25, 0.3) is 0 Å². The number of rotatable bonds is 6. The summed E-state index contributed by atoms with van der Waals surface area (Å²) >= 11 is 2.64. The minimum Gasteiger partial charge on any atom is -0.465 e. The SMILES string of the molecule is CCN=C1S[C@@H](CC(=O)Nc2sc(C)c(C)c2C(=O)OC)C(=O)N1CC. The number of nitrogens with zero attached hydrogens (tertiary/aromatic N) is 2. The molecule has 0 saturated carbocycles. The van der Waals surface area contributed by atoms with Crippen molar-refractivity contribution in [1.29, 1.82) is 0 Å². The molecule has 2 amide bonds. The van der Waals surface area contributed by atoms with E-state index in [1.54, 1.807) is 4.90 Å². The Kier molecular flexibility index (Phi) is 6.82. The summed E-state index contributed by atoms with van der Waals surface area (Å²) in [5, 5.41) is 3.40. The molecule has 0 aromatic carbocycles. The summed E-state index contributed by atoms with van der Waals surface area (Å²) in [6.07, 6.45) is 0.0271. The van der Waals surface area contributed by atoms with Crippen LogP contribution in [0.5, 0.6) is 0 Å². The molecule has 1 aromatic rings. The molecule has 1 aliphatic rings. The summed E-state index contributed by atoms with van der Waals surface area (Å²) in [6, 6.07) is 0. The zero-order valence-corrected chi connectivity index (χ0v) is 17.2. The summed E-state index contributed by atoms with van der Waals surface area (Å²) in [6.45, 7) is 8.59. The van der Waals surface area contributed by atoms with Crippen molar-refractivity contribution < 1.29 is 19.1 Å². The van der Waals surface area contributed by atoms with Gasteiger partial charge < -0.3 is 10.1 Å². The van der Waals surface area contributed by atoms with Crippen LogP contribution < -0.4 is 5.32 Å². The molecular formula is C17H23N3O4S2. The molecule has 142 valence electrons. The summed E-state index contributed by atoms with van der Waals surface area (Å²) < 4.78 is 4.81. The lowest BCUT2D eigenvalue weighted by atomic mass is 10.1. The smallest absolute Gasteiger partial charge is 0.341 e. The van der Waals surface area contributed by atoms with E-state index < -0.39 is 11.2 Å². The number of methoxy groups -OCH3 is 1. The number of amides is 2. The Balaban J connectivity index is 2.13. The zero-order valence-electron chi connectivity index (χ0n) is 15.5. The minimum absolute atomic E-state index is 0.0271. The van der Waals surface area contributed by atoms with Crippen LogP contribution in [0.15, 0.2) is 4.99 Å². The van der Waals surface area contributed by atoms with E-state index in [0.717, 1.165) is 10.4 Å². The molecule has 9 heteroatoms. The van der Waals surface area contributed by atoms with Gasteiger partial charge in [0.1, 0.15) is 10.3 Å². The van der Waals surface area contributed by atoms with Crippen LogP contribution in [0.25, 0.3) is 0 Å². The number of thiophene rings is 1. The van der Waals surface area contributed by atoms with Crippen LogP contribution in [0, 0.1) is 13.8 Å². The molecule has 7 nitrogen and oxygen atoms in total. The highest BCUT2D eigenvalue weighted by Gasteiger charge is 2.38. The second-order valence-corrected chi connectivity index (χ2v) is 8.07.